The molecule has 2 saturated heterocycles. The van der Waals surface area contributed by atoms with Crippen LogP contribution in [-0.2, 0) is 30.3 Å². The lowest BCUT2D eigenvalue weighted by Crippen LogP contribution is -2.47. The molecule has 0 bridgehead atoms. The molecule has 1 atom stereocenters. The first-order valence-corrected chi connectivity index (χ1v) is 9.12. The fourth-order valence-electron chi connectivity index (χ4n) is 3.19. The van der Waals surface area contributed by atoms with E-state index in [0.717, 1.165) is 5.56 Å². The average Bonchev–Trinajstić information content (AvgIpc) is 2.96. The maximum Gasteiger partial charge on any atom is 0.310 e. The Morgan fingerprint density at radius 2 is 1.88 bits per heavy atom. The van der Waals surface area contributed by atoms with Crippen LogP contribution in [0.15, 0.2) is 24.3 Å². The number of rotatable bonds is 6. The number of benzene rings is 1. The van der Waals surface area contributed by atoms with Crippen LogP contribution in [0.3, 0.4) is 0 Å². The summed E-state index contributed by atoms with van der Waals surface area (Å²) in [6.45, 7) is 2.64. The maximum atomic E-state index is 12.7. The molecule has 2 fully saturated rings. The van der Waals surface area contributed by atoms with Gasteiger partial charge in [-0.15, -0.1) is 11.6 Å². The van der Waals surface area contributed by atoms with Crippen molar-refractivity contribution in [2.45, 2.75) is 18.9 Å². The molecule has 8 heteroatoms. The van der Waals surface area contributed by atoms with Gasteiger partial charge in [-0.05, 0) is 17.7 Å². The van der Waals surface area contributed by atoms with Gasteiger partial charge in [-0.3, -0.25) is 19.3 Å². The summed E-state index contributed by atoms with van der Waals surface area (Å²) in [4.78, 5) is 40.0. The van der Waals surface area contributed by atoms with E-state index < -0.39 is 6.04 Å². The topological polar surface area (TPSA) is 76.2 Å². The van der Waals surface area contributed by atoms with Crippen molar-refractivity contribution >= 4 is 35.1 Å². The number of amides is 2. The number of halogens is 1. The predicted octanol–water partition coefficient (Wildman–Crippen LogP) is 0.975. The third kappa shape index (κ3) is 4.23. The Bertz CT molecular complexity index is 673. The van der Waals surface area contributed by atoms with E-state index in [1.807, 2.05) is 4.90 Å². The van der Waals surface area contributed by atoms with E-state index >= 15 is 0 Å². The quantitative estimate of drug-likeness (QED) is 0.416. The molecule has 1 unspecified atom stereocenters. The number of carbonyl (C=O) groups is 3. The minimum Gasteiger partial charge on any atom is -0.464 e. The summed E-state index contributed by atoms with van der Waals surface area (Å²) in [6, 6.07) is 6.39. The van der Waals surface area contributed by atoms with Crippen molar-refractivity contribution in [1.29, 1.82) is 0 Å². The number of hydrogen-bond acceptors (Lipinski definition) is 6. The molecule has 3 rings (SSSR count). The largest absolute Gasteiger partial charge is 0.464 e. The summed E-state index contributed by atoms with van der Waals surface area (Å²) in [5, 5.41) is 0. The summed E-state index contributed by atoms with van der Waals surface area (Å²) in [7, 11) is 0. The zero-order valence-corrected chi connectivity index (χ0v) is 15.1. The van der Waals surface area contributed by atoms with Crippen molar-refractivity contribution in [3.05, 3.63) is 29.8 Å². The predicted molar refractivity (Wildman–Crippen MR) is 95.1 cm³/mol. The number of nitrogens with zero attached hydrogens (tertiary/aromatic N) is 2. The highest BCUT2D eigenvalue weighted by atomic mass is 35.5. The third-order valence-electron chi connectivity index (χ3n) is 4.49. The van der Waals surface area contributed by atoms with Gasteiger partial charge in [0.25, 0.3) is 5.91 Å². The molecule has 26 heavy (non-hydrogen) atoms. The van der Waals surface area contributed by atoms with Gasteiger partial charge in [0, 0.05) is 13.1 Å². The number of hydrogen-bond donors (Lipinski definition) is 0. The van der Waals surface area contributed by atoms with Crippen LogP contribution in [-0.4, -0.2) is 67.5 Å². The van der Waals surface area contributed by atoms with Crippen LogP contribution in [0.1, 0.15) is 12.0 Å². The van der Waals surface area contributed by atoms with Crippen molar-refractivity contribution < 1.29 is 23.9 Å². The van der Waals surface area contributed by atoms with Gasteiger partial charge in [0.1, 0.15) is 6.61 Å². The van der Waals surface area contributed by atoms with Crippen LogP contribution in [0.2, 0.25) is 0 Å². The molecular formula is C18H21ClN2O5. The van der Waals surface area contributed by atoms with Crippen LogP contribution in [0.4, 0.5) is 5.69 Å². The fraction of sp³-hybridized carbons (Fsp3) is 0.500. The first-order chi connectivity index (χ1) is 12.6. The van der Waals surface area contributed by atoms with E-state index in [1.54, 1.807) is 24.3 Å². The SMILES string of the molecule is O=C(Cc1ccc(N2C(=O)CC(N3CCOCC3)C2=O)cc1)OCCCl. The van der Waals surface area contributed by atoms with E-state index in [-0.39, 0.29) is 43.1 Å². The lowest BCUT2D eigenvalue weighted by molar-refractivity contribution is -0.142. The minimum atomic E-state index is -0.420. The zero-order valence-electron chi connectivity index (χ0n) is 14.4. The van der Waals surface area contributed by atoms with Crippen LogP contribution < -0.4 is 4.90 Å². The molecular weight excluding hydrogens is 360 g/mol. The van der Waals surface area contributed by atoms with Gasteiger partial charge >= 0.3 is 5.97 Å². The monoisotopic (exact) mass is 380 g/mol. The van der Waals surface area contributed by atoms with Crippen LogP contribution in [0.5, 0.6) is 0 Å². The Morgan fingerprint density at radius 3 is 2.54 bits per heavy atom. The first kappa shape index (κ1) is 18.8. The molecule has 1 aromatic carbocycles. The zero-order chi connectivity index (χ0) is 18.5. The standard InChI is InChI=1S/C18H21ClN2O5/c19-5-8-26-17(23)11-13-1-3-14(4-2-13)21-16(22)12-15(18(21)24)20-6-9-25-10-7-20/h1-4,15H,5-12H2. The number of esters is 1. The molecule has 2 aliphatic heterocycles. The molecule has 0 saturated carbocycles. The van der Waals surface area contributed by atoms with E-state index in [1.165, 1.54) is 4.90 Å². The minimum absolute atomic E-state index is 0.121. The van der Waals surface area contributed by atoms with E-state index in [9.17, 15) is 14.4 Å². The van der Waals surface area contributed by atoms with Crippen molar-refractivity contribution in [1.82, 2.24) is 4.90 Å². The molecule has 7 nitrogen and oxygen atoms in total. The van der Waals surface area contributed by atoms with Gasteiger partial charge in [-0.25, -0.2) is 4.90 Å². The number of anilines is 1. The van der Waals surface area contributed by atoms with Gasteiger partial charge in [-0.2, -0.15) is 0 Å². The summed E-state index contributed by atoms with van der Waals surface area (Å²) in [5.41, 5.74) is 1.27. The Labute approximate surface area is 156 Å². The fourth-order valence-corrected chi connectivity index (χ4v) is 3.27. The molecule has 2 aliphatic rings. The molecule has 0 radical (unpaired) electrons. The Balaban J connectivity index is 1.65. The second kappa shape index (κ2) is 8.62. The first-order valence-electron chi connectivity index (χ1n) is 8.59. The van der Waals surface area contributed by atoms with Gasteiger partial charge < -0.3 is 9.47 Å². The van der Waals surface area contributed by atoms with Gasteiger partial charge in [0.05, 0.1) is 43.7 Å². The molecule has 140 valence electrons. The molecule has 0 spiro atoms. The van der Waals surface area contributed by atoms with E-state index in [0.29, 0.717) is 32.0 Å². The van der Waals surface area contributed by atoms with Crippen LogP contribution in [0, 0.1) is 0 Å². The van der Waals surface area contributed by atoms with Crippen molar-refractivity contribution in [3.63, 3.8) is 0 Å². The second-order valence-corrected chi connectivity index (χ2v) is 6.57. The summed E-state index contributed by atoms with van der Waals surface area (Å²) in [6.07, 6.45) is 0.306. The molecule has 2 amide bonds. The highest BCUT2D eigenvalue weighted by Gasteiger charge is 2.42. The van der Waals surface area contributed by atoms with E-state index in [2.05, 4.69) is 0 Å². The number of carbonyl (C=O) groups excluding carboxylic acids is 3. The van der Waals surface area contributed by atoms with E-state index in [4.69, 9.17) is 21.1 Å². The van der Waals surface area contributed by atoms with Crippen LogP contribution >= 0.6 is 11.6 Å². The Kier molecular flexibility index (Phi) is 6.24. The van der Waals surface area contributed by atoms with Gasteiger partial charge in [0.2, 0.25) is 5.91 Å². The van der Waals surface area contributed by atoms with Gasteiger partial charge in [0.15, 0.2) is 0 Å². The Hall–Kier alpha value is -1.96. The molecule has 0 aromatic heterocycles. The lowest BCUT2D eigenvalue weighted by atomic mass is 10.1. The number of alkyl halides is 1. The summed E-state index contributed by atoms with van der Waals surface area (Å²) < 4.78 is 10.2. The molecule has 0 N–H and O–H groups in total. The normalized spacial score (nSPS) is 21.3. The Morgan fingerprint density at radius 1 is 1.19 bits per heavy atom. The number of ether oxygens (including phenoxy) is 2. The smallest absolute Gasteiger partial charge is 0.310 e. The van der Waals surface area contributed by atoms with Crippen molar-refractivity contribution in [2.75, 3.05) is 43.7 Å². The average molecular weight is 381 g/mol. The van der Waals surface area contributed by atoms with Crippen LogP contribution in [0.25, 0.3) is 0 Å². The van der Waals surface area contributed by atoms with Crippen molar-refractivity contribution in [3.8, 4) is 0 Å². The third-order valence-corrected chi connectivity index (χ3v) is 4.65. The van der Waals surface area contributed by atoms with Crippen molar-refractivity contribution in [2.24, 2.45) is 0 Å². The second-order valence-electron chi connectivity index (χ2n) is 6.19. The number of morpholine rings is 1. The summed E-state index contributed by atoms with van der Waals surface area (Å²) >= 11 is 5.48. The summed E-state index contributed by atoms with van der Waals surface area (Å²) in [5.74, 6) is -0.514. The maximum absolute atomic E-state index is 12.7. The molecule has 0 aliphatic carbocycles. The highest BCUT2D eigenvalue weighted by molar-refractivity contribution is 6.22. The number of imide groups is 1. The van der Waals surface area contributed by atoms with Gasteiger partial charge in [-0.1, -0.05) is 12.1 Å². The lowest BCUT2D eigenvalue weighted by Gasteiger charge is -2.30. The molecule has 1 aromatic rings. The highest BCUT2D eigenvalue weighted by Crippen LogP contribution is 2.26. The molecule has 2 heterocycles.